The molecule has 0 heterocycles. The van der Waals surface area contributed by atoms with Gasteiger partial charge in [0.15, 0.2) is 6.10 Å². The van der Waals surface area contributed by atoms with Crippen LogP contribution in [-0.2, 0) is 4.74 Å². The summed E-state index contributed by atoms with van der Waals surface area (Å²) in [5.74, 6) is -0.911. The maximum absolute atomic E-state index is 12.9. The zero-order chi connectivity index (χ0) is 18.4. The second kappa shape index (κ2) is 7.91. The molecule has 1 atom stereocenters. The highest BCUT2D eigenvalue weighted by Gasteiger charge is 2.26. The molecule has 3 aromatic carbocycles. The molecule has 26 heavy (non-hydrogen) atoms. The Morgan fingerprint density at radius 1 is 0.769 bits per heavy atom. The Labute approximate surface area is 151 Å². The van der Waals surface area contributed by atoms with Crippen LogP contribution in [-0.4, -0.2) is 11.8 Å². The Kier molecular flexibility index (Phi) is 5.21. The molecule has 0 fully saturated rings. The summed E-state index contributed by atoms with van der Waals surface area (Å²) in [6.07, 6.45) is -1.04. The van der Waals surface area contributed by atoms with Crippen molar-refractivity contribution in [2.24, 2.45) is 0 Å². The van der Waals surface area contributed by atoms with Crippen LogP contribution in [0, 0.1) is 11.3 Å². The van der Waals surface area contributed by atoms with Gasteiger partial charge in [0.05, 0.1) is 17.2 Å². The van der Waals surface area contributed by atoms with Gasteiger partial charge in [0.2, 0.25) is 5.78 Å². The van der Waals surface area contributed by atoms with Gasteiger partial charge in [0, 0.05) is 11.1 Å². The van der Waals surface area contributed by atoms with Gasteiger partial charge in [-0.1, -0.05) is 60.7 Å². The number of nitriles is 1. The molecule has 0 spiro atoms. The van der Waals surface area contributed by atoms with Crippen molar-refractivity contribution in [2.75, 3.05) is 0 Å². The van der Waals surface area contributed by atoms with Gasteiger partial charge in [-0.25, -0.2) is 4.79 Å². The summed E-state index contributed by atoms with van der Waals surface area (Å²) in [5.41, 5.74) is 1.80. The van der Waals surface area contributed by atoms with Crippen LogP contribution in [0.2, 0.25) is 0 Å². The van der Waals surface area contributed by atoms with Crippen molar-refractivity contribution >= 4 is 11.8 Å². The second-order valence-corrected chi connectivity index (χ2v) is 5.62. The van der Waals surface area contributed by atoms with Gasteiger partial charge in [-0.3, -0.25) is 4.79 Å². The van der Waals surface area contributed by atoms with Crippen molar-refractivity contribution in [1.29, 1.82) is 5.26 Å². The van der Waals surface area contributed by atoms with Gasteiger partial charge < -0.3 is 4.74 Å². The van der Waals surface area contributed by atoms with Crippen molar-refractivity contribution in [3.63, 3.8) is 0 Å². The van der Waals surface area contributed by atoms with Crippen molar-refractivity contribution < 1.29 is 14.3 Å². The van der Waals surface area contributed by atoms with Crippen LogP contribution in [0.3, 0.4) is 0 Å². The molecule has 3 rings (SSSR count). The lowest BCUT2D eigenvalue weighted by molar-refractivity contribution is 0.0280. The third-order valence-corrected chi connectivity index (χ3v) is 3.87. The monoisotopic (exact) mass is 341 g/mol. The average molecular weight is 341 g/mol. The molecular formula is C22H15NO3. The van der Waals surface area contributed by atoms with E-state index in [1.165, 1.54) is 24.3 Å². The number of hydrogen-bond acceptors (Lipinski definition) is 4. The first-order valence-corrected chi connectivity index (χ1v) is 8.04. The highest BCUT2D eigenvalue weighted by atomic mass is 16.5. The minimum absolute atomic E-state index is 0.283. The van der Waals surface area contributed by atoms with Gasteiger partial charge in [0.25, 0.3) is 0 Å². The summed E-state index contributed by atoms with van der Waals surface area (Å²) in [6.45, 7) is 0. The van der Waals surface area contributed by atoms with Crippen molar-refractivity contribution in [3.8, 4) is 6.07 Å². The number of carbonyl (C=O) groups is 2. The number of ether oxygens (including phenoxy) is 1. The molecule has 0 saturated carbocycles. The summed E-state index contributed by atoms with van der Waals surface area (Å²) in [4.78, 5) is 25.4. The number of esters is 1. The van der Waals surface area contributed by atoms with Crippen LogP contribution < -0.4 is 0 Å². The van der Waals surface area contributed by atoms with Crippen LogP contribution in [0.4, 0.5) is 0 Å². The molecule has 126 valence electrons. The molecule has 0 aliphatic carbocycles. The Morgan fingerprint density at radius 2 is 1.35 bits per heavy atom. The van der Waals surface area contributed by atoms with Gasteiger partial charge in [0.1, 0.15) is 0 Å². The molecule has 0 aliphatic heterocycles. The van der Waals surface area contributed by atoms with Crippen LogP contribution in [0.25, 0.3) is 0 Å². The summed E-state index contributed by atoms with van der Waals surface area (Å²) < 4.78 is 5.54. The highest BCUT2D eigenvalue weighted by molar-refractivity contribution is 6.02. The molecule has 0 aliphatic rings. The van der Waals surface area contributed by atoms with E-state index < -0.39 is 12.1 Å². The molecule has 0 aromatic heterocycles. The maximum atomic E-state index is 12.9. The maximum Gasteiger partial charge on any atom is 0.339 e. The number of nitrogens with zero attached hydrogens (tertiary/aromatic N) is 1. The Hall–Kier alpha value is -3.71. The number of benzene rings is 3. The van der Waals surface area contributed by atoms with E-state index in [0.717, 1.165) is 0 Å². The van der Waals surface area contributed by atoms with E-state index in [2.05, 4.69) is 0 Å². The molecule has 0 radical (unpaired) electrons. The van der Waals surface area contributed by atoms with Crippen molar-refractivity contribution in [2.45, 2.75) is 6.10 Å². The summed E-state index contributed by atoms with van der Waals surface area (Å²) >= 11 is 0. The van der Waals surface area contributed by atoms with Crippen LogP contribution in [0.15, 0.2) is 84.9 Å². The van der Waals surface area contributed by atoms with Crippen LogP contribution in [0.1, 0.15) is 37.9 Å². The SMILES string of the molecule is N#Cc1ccc(C(=O)O[C@@H](C(=O)c2ccccc2)c2ccccc2)cc1. The summed E-state index contributed by atoms with van der Waals surface area (Å²) in [6, 6.07) is 25.7. The molecule has 4 nitrogen and oxygen atoms in total. The third kappa shape index (κ3) is 3.85. The molecule has 3 aromatic rings. The quantitative estimate of drug-likeness (QED) is 0.511. The minimum atomic E-state index is -1.04. The molecule has 0 saturated heterocycles. The number of carbonyl (C=O) groups excluding carboxylic acids is 2. The van der Waals surface area contributed by atoms with Gasteiger partial charge in [-0.15, -0.1) is 0 Å². The largest absolute Gasteiger partial charge is 0.445 e. The normalized spacial score (nSPS) is 11.2. The fourth-order valence-corrected chi connectivity index (χ4v) is 2.51. The molecule has 0 amide bonds. The Bertz CT molecular complexity index is 942. The van der Waals surface area contributed by atoms with E-state index in [9.17, 15) is 9.59 Å². The minimum Gasteiger partial charge on any atom is -0.445 e. The zero-order valence-electron chi connectivity index (χ0n) is 13.8. The summed E-state index contributed by atoms with van der Waals surface area (Å²) in [7, 11) is 0. The van der Waals surface area contributed by atoms with E-state index in [4.69, 9.17) is 10.00 Å². The molecule has 4 heteroatoms. The predicted molar refractivity (Wildman–Crippen MR) is 96.5 cm³/mol. The number of rotatable bonds is 5. The second-order valence-electron chi connectivity index (χ2n) is 5.62. The van der Waals surface area contributed by atoms with Gasteiger partial charge >= 0.3 is 5.97 Å². The van der Waals surface area contributed by atoms with E-state index in [1.807, 2.05) is 18.2 Å². The number of ketones is 1. The van der Waals surface area contributed by atoms with E-state index in [0.29, 0.717) is 16.7 Å². The average Bonchev–Trinajstić information content (AvgIpc) is 2.72. The summed E-state index contributed by atoms with van der Waals surface area (Å²) in [5, 5.41) is 8.85. The topological polar surface area (TPSA) is 67.2 Å². The molecule has 0 bridgehead atoms. The zero-order valence-corrected chi connectivity index (χ0v) is 13.8. The number of Topliss-reactive ketones (excluding diaryl/α,β-unsaturated/α-hetero) is 1. The van der Waals surface area contributed by atoms with E-state index >= 15 is 0 Å². The molecule has 0 N–H and O–H groups in total. The predicted octanol–water partition coefficient (Wildman–Crippen LogP) is 4.34. The first-order valence-electron chi connectivity index (χ1n) is 8.04. The van der Waals surface area contributed by atoms with Crippen molar-refractivity contribution in [3.05, 3.63) is 107 Å². The molecular weight excluding hydrogens is 326 g/mol. The fraction of sp³-hybridized carbons (Fsp3) is 0.0455. The third-order valence-electron chi connectivity index (χ3n) is 3.87. The van der Waals surface area contributed by atoms with Gasteiger partial charge in [-0.05, 0) is 24.3 Å². The van der Waals surface area contributed by atoms with Crippen LogP contribution in [0.5, 0.6) is 0 Å². The fourth-order valence-electron chi connectivity index (χ4n) is 2.51. The van der Waals surface area contributed by atoms with Gasteiger partial charge in [-0.2, -0.15) is 5.26 Å². The first-order chi connectivity index (χ1) is 12.7. The first kappa shape index (κ1) is 17.1. The number of hydrogen-bond donors (Lipinski definition) is 0. The van der Waals surface area contributed by atoms with E-state index in [1.54, 1.807) is 48.5 Å². The Morgan fingerprint density at radius 3 is 1.92 bits per heavy atom. The van der Waals surface area contributed by atoms with Crippen molar-refractivity contribution in [1.82, 2.24) is 0 Å². The standard InChI is InChI=1S/C22H15NO3/c23-15-16-11-13-19(14-12-16)22(25)26-21(18-9-5-2-6-10-18)20(24)17-7-3-1-4-8-17/h1-14,21H/t21-/m1/s1. The Balaban J connectivity index is 1.89. The smallest absolute Gasteiger partial charge is 0.339 e. The lowest BCUT2D eigenvalue weighted by Crippen LogP contribution is -2.20. The lowest BCUT2D eigenvalue weighted by atomic mass is 9.99. The van der Waals surface area contributed by atoms with E-state index in [-0.39, 0.29) is 11.3 Å². The lowest BCUT2D eigenvalue weighted by Gasteiger charge is -2.17. The highest BCUT2D eigenvalue weighted by Crippen LogP contribution is 2.24. The molecule has 0 unspecified atom stereocenters. The van der Waals surface area contributed by atoms with Crippen LogP contribution >= 0.6 is 0 Å².